The van der Waals surface area contributed by atoms with Crippen LogP contribution < -0.4 is 0 Å². The molecule has 0 fully saturated rings. The van der Waals surface area contributed by atoms with E-state index in [-0.39, 0.29) is 6.10 Å². The van der Waals surface area contributed by atoms with Crippen molar-refractivity contribution in [2.24, 2.45) is 0 Å². The van der Waals surface area contributed by atoms with Gasteiger partial charge in [0.25, 0.3) is 0 Å². The lowest BCUT2D eigenvalue weighted by molar-refractivity contribution is 0.0424. The molecule has 0 aliphatic carbocycles. The molecule has 1 aromatic carbocycles. The number of carbonyl (C=O) groups is 1. The molecule has 0 radical (unpaired) electrons. The zero-order chi connectivity index (χ0) is 14.6. The number of rotatable bonds is 10. The van der Waals surface area contributed by atoms with Gasteiger partial charge in [0.1, 0.15) is 6.10 Å². The maximum atomic E-state index is 10.7. The fourth-order valence-corrected chi connectivity index (χ4v) is 2.37. The van der Waals surface area contributed by atoms with Crippen LogP contribution in [0.4, 0.5) is 4.79 Å². The lowest BCUT2D eigenvalue weighted by Crippen LogP contribution is -2.17. The highest BCUT2D eigenvalue weighted by molar-refractivity contribution is 5.57. The molecular formula is C17H26O3. The van der Waals surface area contributed by atoms with Crippen molar-refractivity contribution in [3.8, 4) is 0 Å². The van der Waals surface area contributed by atoms with Gasteiger partial charge in [-0.25, -0.2) is 4.79 Å². The first-order valence-corrected chi connectivity index (χ1v) is 7.66. The summed E-state index contributed by atoms with van der Waals surface area (Å²) in [6.07, 6.45) is 6.90. The van der Waals surface area contributed by atoms with Crippen molar-refractivity contribution in [1.82, 2.24) is 0 Å². The molecule has 1 atom stereocenters. The Hall–Kier alpha value is -1.51. The quantitative estimate of drug-likeness (QED) is 0.481. The van der Waals surface area contributed by atoms with Gasteiger partial charge in [0, 0.05) is 0 Å². The molecule has 0 amide bonds. The molecule has 0 saturated carbocycles. The molecule has 112 valence electrons. The van der Waals surface area contributed by atoms with Crippen molar-refractivity contribution in [1.29, 1.82) is 0 Å². The molecule has 3 heteroatoms. The average Bonchev–Trinajstić information content (AvgIpc) is 2.44. The molecule has 1 rings (SSSR count). The summed E-state index contributed by atoms with van der Waals surface area (Å²) in [4.78, 5) is 10.7. The first-order valence-electron chi connectivity index (χ1n) is 7.66. The van der Waals surface area contributed by atoms with E-state index < -0.39 is 6.16 Å². The van der Waals surface area contributed by atoms with Gasteiger partial charge in [-0.3, -0.25) is 0 Å². The fourth-order valence-electron chi connectivity index (χ4n) is 2.37. The van der Waals surface area contributed by atoms with E-state index in [0.717, 1.165) is 51.4 Å². The minimum Gasteiger partial charge on any atom is -0.450 e. The summed E-state index contributed by atoms with van der Waals surface area (Å²) in [5, 5.41) is 8.75. The summed E-state index contributed by atoms with van der Waals surface area (Å²) in [6.45, 7) is 2.15. The van der Waals surface area contributed by atoms with E-state index in [2.05, 4.69) is 31.2 Å². The van der Waals surface area contributed by atoms with E-state index >= 15 is 0 Å². The number of carboxylic acid groups (broad SMARTS) is 1. The van der Waals surface area contributed by atoms with Gasteiger partial charge in [-0.05, 0) is 44.1 Å². The predicted molar refractivity (Wildman–Crippen MR) is 81.0 cm³/mol. The standard InChI is InChI=1S/C17H26O3/c1-2-3-5-13-16(20-17(18)19)14-9-8-12-15-10-6-4-7-11-15/h4,6-7,10-11,16H,2-3,5,8-9,12-14H2,1H3,(H,18,19). The van der Waals surface area contributed by atoms with Crippen molar-refractivity contribution >= 4 is 6.16 Å². The third-order valence-corrected chi connectivity index (χ3v) is 3.48. The highest BCUT2D eigenvalue weighted by Crippen LogP contribution is 2.15. The maximum absolute atomic E-state index is 10.7. The molecule has 1 N–H and O–H groups in total. The van der Waals surface area contributed by atoms with Gasteiger partial charge in [0.2, 0.25) is 0 Å². The van der Waals surface area contributed by atoms with Crippen molar-refractivity contribution in [2.75, 3.05) is 0 Å². The zero-order valence-corrected chi connectivity index (χ0v) is 12.4. The largest absolute Gasteiger partial charge is 0.506 e. The summed E-state index contributed by atoms with van der Waals surface area (Å²) in [5.74, 6) is 0. The monoisotopic (exact) mass is 278 g/mol. The van der Waals surface area contributed by atoms with Crippen molar-refractivity contribution in [3.63, 3.8) is 0 Å². The van der Waals surface area contributed by atoms with Crippen LogP contribution in [0.5, 0.6) is 0 Å². The second-order valence-electron chi connectivity index (χ2n) is 5.23. The lowest BCUT2D eigenvalue weighted by atomic mass is 10.0. The Balaban J connectivity index is 2.21. The third-order valence-electron chi connectivity index (χ3n) is 3.48. The van der Waals surface area contributed by atoms with Crippen LogP contribution in [-0.4, -0.2) is 17.4 Å². The Morgan fingerprint density at radius 2 is 1.75 bits per heavy atom. The molecular weight excluding hydrogens is 252 g/mol. The minimum absolute atomic E-state index is 0.130. The van der Waals surface area contributed by atoms with Gasteiger partial charge in [-0.1, -0.05) is 50.1 Å². The Bertz CT molecular complexity index is 362. The van der Waals surface area contributed by atoms with Gasteiger partial charge in [0.05, 0.1) is 0 Å². The molecule has 0 aliphatic rings. The number of hydrogen-bond acceptors (Lipinski definition) is 2. The average molecular weight is 278 g/mol. The van der Waals surface area contributed by atoms with Gasteiger partial charge in [-0.15, -0.1) is 0 Å². The van der Waals surface area contributed by atoms with Crippen molar-refractivity contribution < 1.29 is 14.6 Å². The first-order chi connectivity index (χ1) is 9.72. The number of hydrogen-bond donors (Lipinski definition) is 1. The minimum atomic E-state index is -1.14. The molecule has 0 bridgehead atoms. The second-order valence-corrected chi connectivity index (χ2v) is 5.23. The van der Waals surface area contributed by atoms with E-state index in [0.29, 0.717) is 0 Å². The number of aryl methyl sites for hydroxylation is 1. The molecule has 1 unspecified atom stereocenters. The van der Waals surface area contributed by atoms with E-state index in [1.807, 2.05) is 6.07 Å². The Morgan fingerprint density at radius 3 is 2.35 bits per heavy atom. The topological polar surface area (TPSA) is 46.5 Å². The first kappa shape index (κ1) is 16.5. The second kappa shape index (κ2) is 10.3. The Morgan fingerprint density at radius 1 is 1.10 bits per heavy atom. The normalized spacial score (nSPS) is 12.1. The highest BCUT2D eigenvalue weighted by Gasteiger charge is 2.12. The number of ether oxygens (including phenoxy) is 1. The van der Waals surface area contributed by atoms with Gasteiger partial charge >= 0.3 is 6.16 Å². The van der Waals surface area contributed by atoms with Gasteiger partial charge in [-0.2, -0.15) is 0 Å². The van der Waals surface area contributed by atoms with E-state index in [1.165, 1.54) is 5.56 Å². The smallest absolute Gasteiger partial charge is 0.450 e. The molecule has 1 aromatic rings. The predicted octanol–water partition coefficient (Wildman–Crippen LogP) is 5.04. The maximum Gasteiger partial charge on any atom is 0.506 e. The molecule has 3 nitrogen and oxygen atoms in total. The Labute approximate surface area is 122 Å². The summed E-state index contributed by atoms with van der Waals surface area (Å²) in [6, 6.07) is 10.4. The van der Waals surface area contributed by atoms with Crippen LogP contribution >= 0.6 is 0 Å². The summed E-state index contributed by atoms with van der Waals surface area (Å²) in [7, 11) is 0. The SMILES string of the molecule is CCCCCC(CCCCc1ccccc1)OC(=O)O. The van der Waals surface area contributed by atoms with Crippen LogP contribution in [-0.2, 0) is 11.2 Å². The molecule has 0 aromatic heterocycles. The summed E-state index contributed by atoms with van der Waals surface area (Å²) < 4.78 is 4.97. The lowest BCUT2D eigenvalue weighted by Gasteiger charge is -2.15. The van der Waals surface area contributed by atoms with Crippen LogP contribution in [0.25, 0.3) is 0 Å². The number of benzene rings is 1. The van der Waals surface area contributed by atoms with Crippen LogP contribution in [0.1, 0.15) is 57.4 Å². The van der Waals surface area contributed by atoms with Gasteiger partial charge < -0.3 is 9.84 Å². The van der Waals surface area contributed by atoms with Crippen LogP contribution in [0, 0.1) is 0 Å². The fraction of sp³-hybridized carbons (Fsp3) is 0.588. The highest BCUT2D eigenvalue weighted by atomic mass is 16.7. The van der Waals surface area contributed by atoms with Crippen LogP contribution in [0.15, 0.2) is 30.3 Å². The van der Waals surface area contributed by atoms with E-state index in [9.17, 15) is 4.79 Å². The third kappa shape index (κ3) is 7.82. The summed E-state index contributed by atoms with van der Waals surface area (Å²) in [5.41, 5.74) is 1.34. The van der Waals surface area contributed by atoms with Gasteiger partial charge in [0.15, 0.2) is 0 Å². The number of unbranched alkanes of at least 4 members (excludes halogenated alkanes) is 3. The Kier molecular flexibility index (Phi) is 8.52. The molecule has 0 heterocycles. The van der Waals surface area contributed by atoms with E-state index in [4.69, 9.17) is 9.84 Å². The molecule has 0 spiro atoms. The zero-order valence-electron chi connectivity index (χ0n) is 12.4. The summed E-state index contributed by atoms with van der Waals surface area (Å²) >= 11 is 0. The molecule has 0 aliphatic heterocycles. The van der Waals surface area contributed by atoms with E-state index in [1.54, 1.807) is 0 Å². The van der Waals surface area contributed by atoms with Crippen molar-refractivity contribution in [2.45, 2.75) is 64.4 Å². The van der Waals surface area contributed by atoms with Crippen LogP contribution in [0.2, 0.25) is 0 Å². The van der Waals surface area contributed by atoms with Crippen LogP contribution in [0.3, 0.4) is 0 Å². The molecule has 0 saturated heterocycles. The molecule has 20 heavy (non-hydrogen) atoms. The van der Waals surface area contributed by atoms with Crippen molar-refractivity contribution in [3.05, 3.63) is 35.9 Å².